The van der Waals surface area contributed by atoms with E-state index in [-0.39, 0.29) is 0 Å². The van der Waals surface area contributed by atoms with Crippen LogP contribution in [0.4, 0.5) is 0 Å². The molecule has 2 rings (SSSR count). The summed E-state index contributed by atoms with van der Waals surface area (Å²) in [5.74, 6) is 1.66. The largest absolute Gasteiger partial charge is 0.360 e. The summed E-state index contributed by atoms with van der Waals surface area (Å²) in [7, 11) is 0. The van der Waals surface area contributed by atoms with E-state index in [1.807, 2.05) is 0 Å². The molecule has 1 unspecified atom stereocenters. The summed E-state index contributed by atoms with van der Waals surface area (Å²) in [5.41, 5.74) is 1.01. The predicted octanol–water partition coefficient (Wildman–Crippen LogP) is 2.79. The normalized spacial score (nSPS) is 21.2. The number of nitrogens with zero attached hydrogens (tertiary/aromatic N) is 2. The van der Waals surface area contributed by atoms with Crippen molar-refractivity contribution in [3.05, 3.63) is 17.5 Å². The van der Waals surface area contributed by atoms with E-state index in [1.165, 1.54) is 25.8 Å². The number of rotatable bonds is 6. The fourth-order valence-corrected chi connectivity index (χ4v) is 2.60. The molecule has 2 heterocycles. The zero-order chi connectivity index (χ0) is 13.7. The van der Waals surface area contributed by atoms with E-state index in [1.54, 1.807) is 0 Å². The van der Waals surface area contributed by atoms with Crippen molar-refractivity contribution in [3.63, 3.8) is 0 Å². The third kappa shape index (κ3) is 4.62. The number of piperidine rings is 1. The molecule has 4 nitrogen and oxygen atoms in total. The van der Waals surface area contributed by atoms with Crippen LogP contribution in [0.3, 0.4) is 0 Å². The first-order valence-corrected chi connectivity index (χ1v) is 7.54. The Morgan fingerprint density at radius 3 is 3.05 bits per heavy atom. The number of hydrogen-bond acceptors (Lipinski definition) is 4. The molecule has 0 spiro atoms. The molecule has 0 radical (unpaired) electrons. The highest BCUT2D eigenvalue weighted by atomic mass is 16.5. The Labute approximate surface area is 116 Å². The molecule has 0 saturated carbocycles. The Balaban J connectivity index is 1.79. The van der Waals surface area contributed by atoms with Crippen molar-refractivity contribution in [2.75, 3.05) is 13.1 Å². The lowest BCUT2D eigenvalue weighted by atomic mass is 10.0. The van der Waals surface area contributed by atoms with Crippen LogP contribution in [0.2, 0.25) is 0 Å². The lowest BCUT2D eigenvalue weighted by Crippen LogP contribution is -2.36. The summed E-state index contributed by atoms with van der Waals surface area (Å²) in [5, 5.41) is 7.53. The first kappa shape index (κ1) is 14.5. The first-order chi connectivity index (χ1) is 9.15. The number of hydrogen-bond donors (Lipinski definition) is 1. The maximum absolute atomic E-state index is 5.44. The third-order valence-electron chi connectivity index (χ3n) is 3.77. The van der Waals surface area contributed by atoms with E-state index in [4.69, 9.17) is 4.52 Å². The second kappa shape index (κ2) is 7.06. The molecule has 1 aliphatic rings. The smallest absolute Gasteiger partial charge is 0.151 e. The molecule has 0 bridgehead atoms. The van der Waals surface area contributed by atoms with Crippen LogP contribution in [-0.2, 0) is 13.1 Å². The van der Waals surface area contributed by atoms with Crippen LogP contribution < -0.4 is 5.32 Å². The van der Waals surface area contributed by atoms with Gasteiger partial charge in [-0.1, -0.05) is 25.4 Å². The number of nitrogens with one attached hydrogen (secondary N) is 1. The van der Waals surface area contributed by atoms with Crippen LogP contribution in [-0.4, -0.2) is 29.2 Å². The molecule has 19 heavy (non-hydrogen) atoms. The van der Waals surface area contributed by atoms with E-state index < -0.39 is 0 Å². The molecule has 0 aromatic carbocycles. The standard InChI is InChI=1S/C15H27N3O/c1-12(2)9-16-10-14-8-15(19-17-14)11-18-7-5-4-6-13(18)3/h8,12-13,16H,4-7,9-11H2,1-3H3. The van der Waals surface area contributed by atoms with Gasteiger partial charge in [-0.3, -0.25) is 4.90 Å². The van der Waals surface area contributed by atoms with Gasteiger partial charge in [-0.2, -0.15) is 0 Å². The van der Waals surface area contributed by atoms with Crippen LogP contribution >= 0.6 is 0 Å². The topological polar surface area (TPSA) is 41.3 Å². The van der Waals surface area contributed by atoms with E-state index in [0.29, 0.717) is 12.0 Å². The summed E-state index contributed by atoms with van der Waals surface area (Å²) in [6.07, 6.45) is 3.97. The molecule has 4 heteroatoms. The SMILES string of the molecule is CC(C)CNCc1cc(CN2CCCCC2C)on1. The molecule has 1 N–H and O–H groups in total. The maximum atomic E-state index is 5.44. The van der Waals surface area contributed by atoms with Crippen molar-refractivity contribution in [2.24, 2.45) is 5.92 Å². The summed E-state index contributed by atoms with van der Waals surface area (Å²) >= 11 is 0. The number of aromatic nitrogens is 1. The van der Waals surface area contributed by atoms with Gasteiger partial charge in [-0.15, -0.1) is 0 Å². The fraction of sp³-hybridized carbons (Fsp3) is 0.800. The van der Waals surface area contributed by atoms with Crippen LogP contribution in [0.1, 0.15) is 51.5 Å². The Hall–Kier alpha value is -0.870. The van der Waals surface area contributed by atoms with Gasteiger partial charge >= 0.3 is 0 Å². The van der Waals surface area contributed by atoms with E-state index in [0.717, 1.165) is 31.1 Å². The van der Waals surface area contributed by atoms with Crippen LogP contribution in [0.25, 0.3) is 0 Å². The summed E-state index contributed by atoms with van der Waals surface area (Å²) in [6.45, 7) is 10.6. The minimum absolute atomic E-state index is 0.667. The van der Waals surface area contributed by atoms with Crippen LogP contribution in [0.5, 0.6) is 0 Å². The van der Waals surface area contributed by atoms with Gasteiger partial charge in [-0.25, -0.2) is 0 Å². The van der Waals surface area contributed by atoms with E-state index >= 15 is 0 Å². The minimum Gasteiger partial charge on any atom is -0.360 e. The van der Waals surface area contributed by atoms with Gasteiger partial charge in [-0.05, 0) is 38.8 Å². The van der Waals surface area contributed by atoms with Crippen molar-refractivity contribution in [3.8, 4) is 0 Å². The zero-order valence-corrected chi connectivity index (χ0v) is 12.5. The minimum atomic E-state index is 0.667. The molecule has 1 aliphatic heterocycles. The van der Waals surface area contributed by atoms with Crippen molar-refractivity contribution < 1.29 is 4.52 Å². The summed E-state index contributed by atoms with van der Waals surface area (Å²) in [6, 6.07) is 2.76. The third-order valence-corrected chi connectivity index (χ3v) is 3.77. The van der Waals surface area contributed by atoms with Crippen molar-refractivity contribution in [2.45, 2.75) is 59.2 Å². The fourth-order valence-electron chi connectivity index (χ4n) is 2.60. The van der Waals surface area contributed by atoms with Gasteiger partial charge in [0, 0.05) is 18.7 Å². The van der Waals surface area contributed by atoms with Gasteiger partial charge in [0.1, 0.15) is 0 Å². The summed E-state index contributed by atoms with van der Waals surface area (Å²) < 4.78 is 5.44. The highest BCUT2D eigenvalue weighted by molar-refractivity contribution is 5.05. The van der Waals surface area contributed by atoms with E-state index in [9.17, 15) is 0 Å². The lowest BCUT2D eigenvalue weighted by Gasteiger charge is -2.32. The zero-order valence-electron chi connectivity index (χ0n) is 12.5. The Morgan fingerprint density at radius 1 is 1.47 bits per heavy atom. The Bertz CT molecular complexity index is 375. The van der Waals surface area contributed by atoms with Crippen molar-refractivity contribution in [1.29, 1.82) is 0 Å². The van der Waals surface area contributed by atoms with E-state index in [2.05, 4.69) is 42.2 Å². The lowest BCUT2D eigenvalue weighted by molar-refractivity contribution is 0.137. The maximum Gasteiger partial charge on any atom is 0.151 e. The average molecular weight is 265 g/mol. The second-order valence-electron chi connectivity index (χ2n) is 6.12. The number of likely N-dealkylation sites (tertiary alicyclic amines) is 1. The van der Waals surface area contributed by atoms with Crippen LogP contribution in [0, 0.1) is 5.92 Å². The van der Waals surface area contributed by atoms with Crippen molar-refractivity contribution >= 4 is 0 Å². The highest BCUT2D eigenvalue weighted by Crippen LogP contribution is 2.19. The predicted molar refractivity (Wildman–Crippen MR) is 76.8 cm³/mol. The molecule has 1 aromatic heterocycles. The van der Waals surface area contributed by atoms with Gasteiger partial charge in [0.2, 0.25) is 0 Å². The Kier molecular flexibility index (Phi) is 5.40. The molecular formula is C15H27N3O. The van der Waals surface area contributed by atoms with Crippen LogP contribution in [0.15, 0.2) is 10.6 Å². The summed E-state index contributed by atoms with van der Waals surface area (Å²) in [4.78, 5) is 2.50. The second-order valence-corrected chi connectivity index (χ2v) is 6.12. The van der Waals surface area contributed by atoms with Crippen molar-refractivity contribution in [1.82, 2.24) is 15.4 Å². The monoisotopic (exact) mass is 265 g/mol. The van der Waals surface area contributed by atoms with Gasteiger partial charge in [0.25, 0.3) is 0 Å². The first-order valence-electron chi connectivity index (χ1n) is 7.54. The molecule has 0 amide bonds. The quantitative estimate of drug-likeness (QED) is 0.858. The Morgan fingerprint density at radius 2 is 2.32 bits per heavy atom. The molecule has 1 aromatic rings. The molecule has 1 atom stereocenters. The molecule has 0 aliphatic carbocycles. The average Bonchev–Trinajstić information content (AvgIpc) is 2.79. The molecule has 108 valence electrons. The molecular weight excluding hydrogens is 238 g/mol. The molecule has 1 saturated heterocycles. The van der Waals surface area contributed by atoms with Gasteiger partial charge in [0.15, 0.2) is 5.76 Å². The highest BCUT2D eigenvalue weighted by Gasteiger charge is 2.19. The van der Waals surface area contributed by atoms with Gasteiger partial charge < -0.3 is 9.84 Å². The molecule has 1 fully saturated rings. The van der Waals surface area contributed by atoms with Gasteiger partial charge in [0.05, 0.1) is 12.2 Å².